The first kappa shape index (κ1) is 26.0. The predicted molar refractivity (Wildman–Crippen MR) is 136 cm³/mol. The Kier molecular flexibility index (Phi) is 8.68. The molecule has 0 bridgehead atoms. The van der Waals surface area contributed by atoms with Gasteiger partial charge in [-0.2, -0.15) is 0 Å². The number of nitrogens with one attached hydrogen (secondary N) is 2. The van der Waals surface area contributed by atoms with E-state index in [1.807, 2.05) is 24.3 Å². The van der Waals surface area contributed by atoms with E-state index in [9.17, 15) is 15.0 Å². The molecule has 0 spiro atoms. The minimum absolute atomic E-state index is 0.0635. The molecule has 0 saturated carbocycles. The van der Waals surface area contributed by atoms with Crippen LogP contribution in [0.3, 0.4) is 0 Å². The van der Waals surface area contributed by atoms with Crippen molar-refractivity contribution >= 4 is 11.7 Å². The number of anilines is 1. The van der Waals surface area contributed by atoms with Crippen molar-refractivity contribution < 1.29 is 19.7 Å². The Morgan fingerprint density at radius 2 is 1.89 bits per heavy atom. The maximum atomic E-state index is 12.5. The number of ether oxygens (including phenoxy) is 1. The minimum Gasteiger partial charge on any atom is -0.504 e. The van der Waals surface area contributed by atoms with Gasteiger partial charge in [0.05, 0.1) is 19.6 Å². The molecule has 0 aliphatic rings. The van der Waals surface area contributed by atoms with Crippen LogP contribution in [0, 0.1) is 0 Å². The van der Waals surface area contributed by atoms with Gasteiger partial charge in [-0.25, -0.2) is 4.98 Å². The van der Waals surface area contributed by atoms with Gasteiger partial charge in [0.25, 0.3) is 0 Å². The molecule has 3 aromatic rings. The topological polar surface area (TPSA) is 130 Å². The molecule has 0 unspecified atom stereocenters. The van der Waals surface area contributed by atoms with Crippen LogP contribution in [0.4, 0.5) is 5.82 Å². The highest BCUT2D eigenvalue weighted by Gasteiger charge is 2.20. The summed E-state index contributed by atoms with van der Waals surface area (Å²) in [5.74, 6) is 0.766. The zero-order valence-corrected chi connectivity index (χ0v) is 20.4. The summed E-state index contributed by atoms with van der Waals surface area (Å²) in [4.78, 5) is 16.5. The molecule has 1 amide bonds. The smallest absolute Gasteiger partial charge is 0.224 e. The molecule has 0 fully saturated rings. The zero-order chi connectivity index (χ0) is 25.4. The first-order chi connectivity index (χ1) is 16.6. The summed E-state index contributed by atoms with van der Waals surface area (Å²) < 4.78 is 5.11. The SMILES string of the molecule is COc1cc(CNC(=O)Cc2cccc(CC(C)(C)NC[C@@H](O)c3ccc(N)nc3)c2)ccc1O. The van der Waals surface area contributed by atoms with Gasteiger partial charge in [0.15, 0.2) is 11.5 Å². The summed E-state index contributed by atoms with van der Waals surface area (Å²) in [6.07, 6.45) is 1.88. The third-order valence-corrected chi connectivity index (χ3v) is 5.70. The first-order valence-corrected chi connectivity index (χ1v) is 11.5. The number of β-amino-alcohol motifs (C(OH)–C–C–N with tert-alkyl or cyclic N) is 1. The molecule has 1 heterocycles. The van der Waals surface area contributed by atoms with E-state index in [-0.39, 0.29) is 23.6 Å². The fourth-order valence-corrected chi connectivity index (χ4v) is 3.81. The summed E-state index contributed by atoms with van der Waals surface area (Å²) in [7, 11) is 1.49. The number of phenols is 1. The third kappa shape index (κ3) is 7.98. The second-order valence-electron chi connectivity index (χ2n) is 9.25. The van der Waals surface area contributed by atoms with E-state index >= 15 is 0 Å². The number of benzene rings is 2. The lowest BCUT2D eigenvalue weighted by molar-refractivity contribution is -0.120. The summed E-state index contributed by atoms with van der Waals surface area (Å²) in [6, 6.07) is 16.4. The molecule has 2 aromatic carbocycles. The maximum Gasteiger partial charge on any atom is 0.224 e. The summed E-state index contributed by atoms with van der Waals surface area (Å²) >= 11 is 0. The number of nitrogens with zero attached hydrogens (tertiary/aromatic N) is 1. The number of methoxy groups -OCH3 is 1. The molecule has 6 N–H and O–H groups in total. The van der Waals surface area contributed by atoms with Gasteiger partial charge in [0, 0.05) is 30.4 Å². The van der Waals surface area contributed by atoms with E-state index in [2.05, 4.69) is 29.5 Å². The van der Waals surface area contributed by atoms with E-state index in [0.717, 1.165) is 23.1 Å². The number of aliphatic hydroxyl groups excluding tert-OH is 1. The van der Waals surface area contributed by atoms with Crippen LogP contribution in [0.5, 0.6) is 11.5 Å². The van der Waals surface area contributed by atoms with Gasteiger partial charge in [0.2, 0.25) is 5.91 Å². The normalized spacial score (nSPS) is 12.2. The Morgan fingerprint density at radius 1 is 1.11 bits per heavy atom. The molecule has 0 aliphatic carbocycles. The molecular formula is C27H34N4O4. The van der Waals surface area contributed by atoms with Crippen LogP contribution in [0.15, 0.2) is 60.8 Å². The van der Waals surface area contributed by atoms with Gasteiger partial charge in [-0.15, -0.1) is 0 Å². The Morgan fingerprint density at radius 3 is 2.60 bits per heavy atom. The van der Waals surface area contributed by atoms with Gasteiger partial charge in [-0.3, -0.25) is 4.79 Å². The molecule has 0 saturated heterocycles. The van der Waals surface area contributed by atoms with Crippen molar-refractivity contribution in [3.05, 3.63) is 83.0 Å². The molecule has 0 radical (unpaired) electrons. The van der Waals surface area contributed by atoms with Gasteiger partial charge in [-0.1, -0.05) is 36.4 Å². The third-order valence-electron chi connectivity index (χ3n) is 5.70. The van der Waals surface area contributed by atoms with Crippen LogP contribution in [-0.2, 0) is 24.2 Å². The quantitative estimate of drug-likeness (QED) is 0.286. The Balaban J connectivity index is 1.51. The first-order valence-electron chi connectivity index (χ1n) is 11.5. The monoisotopic (exact) mass is 478 g/mol. The number of nitrogens with two attached hydrogens (primary N) is 1. The fourth-order valence-electron chi connectivity index (χ4n) is 3.81. The van der Waals surface area contributed by atoms with E-state index in [1.54, 1.807) is 36.5 Å². The summed E-state index contributed by atoms with van der Waals surface area (Å²) in [5.41, 5.74) is 8.90. The molecule has 1 aromatic heterocycles. The van der Waals surface area contributed by atoms with Crippen LogP contribution in [0.1, 0.15) is 42.2 Å². The van der Waals surface area contributed by atoms with Gasteiger partial charge < -0.3 is 31.3 Å². The zero-order valence-electron chi connectivity index (χ0n) is 20.4. The number of aromatic nitrogens is 1. The van der Waals surface area contributed by atoms with Gasteiger partial charge in [-0.05, 0) is 55.2 Å². The minimum atomic E-state index is -0.689. The standard InChI is InChI=1S/C27H34N4O4/c1-27(2,31-17-23(33)21-8-10-25(28)29-16-21)14-19-6-4-5-18(11-19)13-26(34)30-15-20-7-9-22(32)24(12-20)35-3/h4-12,16,23,31-33H,13-15,17H2,1-3H3,(H2,28,29)(H,30,34)/t23-/m1/s1. The van der Waals surface area contributed by atoms with Crippen molar-refractivity contribution in [2.45, 2.75) is 44.9 Å². The number of phenolic OH excluding ortho intramolecular Hbond substituents is 1. The highest BCUT2D eigenvalue weighted by molar-refractivity contribution is 5.78. The molecule has 35 heavy (non-hydrogen) atoms. The van der Waals surface area contributed by atoms with Crippen molar-refractivity contribution in [1.82, 2.24) is 15.6 Å². The highest BCUT2D eigenvalue weighted by Crippen LogP contribution is 2.26. The molecule has 1 atom stereocenters. The molecule has 3 rings (SSSR count). The number of nitrogen functional groups attached to an aromatic ring is 1. The van der Waals surface area contributed by atoms with Crippen LogP contribution in [0.2, 0.25) is 0 Å². The van der Waals surface area contributed by atoms with E-state index in [4.69, 9.17) is 10.5 Å². The Bertz CT molecular complexity index is 1130. The average Bonchev–Trinajstić information content (AvgIpc) is 2.82. The number of carbonyl (C=O) groups excluding carboxylic acids is 1. The number of carbonyl (C=O) groups is 1. The second-order valence-corrected chi connectivity index (χ2v) is 9.25. The average molecular weight is 479 g/mol. The summed E-state index contributed by atoms with van der Waals surface area (Å²) in [6.45, 7) is 4.87. The number of aliphatic hydroxyl groups is 1. The van der Waals surface area contributed by atoms with Crippen LogP contribution >= 0.6 is 0 Å². The number of rotatable bonds is 11. The predicted octanol–water partition coefficient (Wildman–Crippen LogP) is 2.88. The van der Waals surface area contributed by atoms with Crippen molar-refractivity contribution in [2.75, 3.05) is 19.4 Å². The molecule has 8 heteroatoms. The number of aromatic hydroxyl groups is 1. The molecule has 8 nitrogen and oxygen atoms in total. The van der Waals surface area contributed by atoms with Crippen molar-refractivity contribution in [2.24, 2.45) is 0 Å². The second kappa shape index (κ2) is 11.7. The van der Waals surface area contributed by atoms with Crippen molar-refractivity contribution in [3.63, 3.8) is 0 Å². The van der Waals surface area contributed by atoms with Crippen molar-refractivity contribution in [3.8, 4) is 11.5 Å². The van der Waals surface area contributed by atoms with Crippen LogP contribution in [-0.4, -0.2) is 40.3 Å². The number of hydrogen-bond acceptors (Lipinski definition) is 7. The molecule has 186 valence electrons. The number of hydrogen-bond donors (Lipinski definition) is 5. The highest BCUT2D eigenvalue weighted by atomic mass is 16.5. The van der Waals surface area contributed by atoms with Crippen LogP contribution in [0.25, 0.3) is 0 Å². The van der Waals surface area contributed by atoms with E-state index < -0.39 is 6.10 Å². The van der Waals surface area contributed by atoms with Crippen LogP contribution < -0.4 is 21.1 Å². The molecular weight excluding hydrogens is 444 g/mol. The van der Waals surface area contributed by atoms with Gasteiger partial charge in [0.1, 0.15) is 5.82 Å². The maximum absolute atomic E-state index is 12.5. The Labute approximate surface area is 206 Å². The lowest BCUT2D eigenvalue weighted by Crippen LogP contribution is -2.43. The number of pyridine rings is 1. The molecule has 0 aliphatic heterocycles. The largest absolute Gasteiger partial charge is 0.504 e. The fraction of sp³-hybridized carbons (Fsp3) is 0.333. The van der Waals surface area contributed by atoms with E-state index in [0.29, 0.717) is 30.2 Å². The Hall–Kier alpha value is -3.62. The number of amides is 1. The lowest BCUT2D eigenvalue weighted by Gasteiger charge is -2.28. The van der Waals surface area contributed by atoms with Crippen molar-refractivity contribution in [1.29, 1.82) is 0 Å². The summed E-state index contributed by atoms with van der Waals surface area (Å²) in [5, 5.41) is 26.5. The lowest BCUT2D eigenvalue weighted by atomic mass is 9.93. The van der Waals surface area contributed by atoms with E-state index in [1.165, 1.54) is 7.11 Å². The van der Waals surface area contributed by atoms with Gasteiger partial charge >= 0.3 is 0 Å².